The maximum Gasteiger partial charge on any atom is 0.121 e. The van der Waals surface area contributed by atoms with Crippen LogP contribution in [0, 0.1) is 0 Å². The van der Waals surface area contributed by atoms with Gasteiger partial charge in [-0.25, -0.2) is 0 Å². The highest BCUT2D eigenvalue weighted by Gasteiger charge is 2.45. The molecule has 1 fully saturated rings. The number of benzene rings is 2. The van der Waals surface area contributed by atoms with Crippen LogP contribution in [0.3, 0.4) is 0 Å². The van der Waals surface area contributed by atoms with Gasteiger partial charge in [0, 0.05) is 0 Å². The second kappa shape index (κ2) is 7.43. The Morgan fingerprint density at radius 3 is 2.36 bits per heavy atom. The van der Waals surface area contributed by atoms with Gasteiger partial charge in [0.1, 0.15) is 24.6 Å². The van der Waals surface area contributed by atoms with E-state index >= 15 is 0 Å². The van der Waals surface area contributed by atoms with Gasteiger partial charge in [-0.1, -0.05) is 55.5 Å². The first-order valence-electron chi connectivity index (χ1n) is 7.85. The number of para-hydroxylation sites is 1. The summed E-state index contributed by atoms with van der Waals surface area (Å²) < 4.78 is 17.5. The van der Waals surface area contributed by atoms with Crippen molar-refractivity contribution in [1.82, 2.24) is 0 Å². The van der Waals surface area contributed by atoms with Crippen molar-refractivity contribution in [2.75, 3.05) is 6.61 Å². The Bertz CT molecular complexity index is 555. The molecule has 2 aromatic carbocycles. The topological polar surface area (TPSA) is 31.0 Å². The van der Waals surface area contributed by atoms with Crippen LogP contribution in [0.2, 0.25) is 0 Å². The van der Waals surface area contributed by atoms with Gasteiger partial charge >= 0.3 is 0 Å². The lowest BCUT2D eigenvalue weighted by Gasteiger charge is -2.14. The zero-order valence-electron chi connectivity index (χ0n) is 12.9. The van der Waals surface area contributed by atoms with E-state index in [0.717, 1.165) is 12.2 Å². The average molecular weight is 298 g/mol. The lowest BCUT2D eigenvalue weighted by molar-refractivity contribution is 0.0194. The van der Waals surface area contributed by atoms with Gasteiger partial charge in [-0.3, -0.25) is 0 Å². The van der Waals surface area contributed by atoms with Crippen molar-refractivity contribution in [2.45, 2.75) is 38.3 Å². The second-order valence-electron chi connectivity index (χ2n) is 5.51. The largest absolute Gasteiger partial charge is 0.491 e. The summed E-state index contributed by atoms with van der Waals surface area (Å²) in [6.45, 7) is 3.35. The Hall–Kier alpha value is -1.84. The minimum atomic E-state index is 0.129. The standard InChI is InChI=1S/C19H22O3/c1-2-17(21-13-15-9-5-3-6-10-15)19-18(22-19)14-20-16-11-7-4-8-12-16/h3-12,17-19H,2,13-14H2,1H3/t17?,18-,19-/m0/s1. The Morgan fingerprint density at radius 2 is 1.68 bits per heavy atom. The molecule has 3 heteroatoms. The van der Waals surface area contributed by atoms with Crippen LogP contribution in [0.1, 0.15) is 18.9 Å². The monoisotopic (exact) mass is 298 g/mol. The Labute approximate surface area is 131 Å². The highest BCUT2D eigenvalue weighted by molar-refractivity contribution is 5.21. The van der Waals surface area contributed by atoms with Crippen molar-refractivity contribution in [2.24, 2.45) is 0 Å². The smallest absolute Gasteiger partial charge is 0.121 e. The molecule has 3 rings (SSSR count). The van der Waals surface area contributed by atoms with E-state index < -0.39 is 0 Å². The Morgan fingerprint density at radius 1 is 1.00 bits per heavy atom. The van der Waals surface area contributed by atoms with Crippen molar-refractivity contribution < 1.29 is 14.2 Å². The second-order valence-corrected chi connectivity index (χ2v) is 5.51. The Balaban J connectivity index is 1.43. The summed E-state index contributed by atoms with van der Waals surface area (Å²) in [6.07, 6.45) is 1.36. The predicted octanol–water partition coefficient (Wildman–Crippen LogP) is 3.83. The van der Waals surface area contributed by atoms with Gasteiger partial charge in [-0.15, -0.1) is 0 Å². The van der Waals surface area contributed by atoms with Crippen LogP contribution >= 0.6 is 0 Å². The van der Waals surface area contributed by atoms with Crippen LogP contribution in [-0.4, -0.2) is 24.9 Å². The molecule has 0 spiro atoms. The predicted molar refractivity (Wildman–Crippen MR) is 85.9 cm³/mol. The molecule has 116 valence electrons. The minimum absolute atomic E-state index is 0.129. The van der Waals surface area contributed by atoms with E-state index in [9.17, 15) is 0 Å². The summed E-state index contributed by atoms with van der Waals surface area (Å²) in [5.41, 5.74) is 1.19. The van der Waals surface area contributed by atoms with Crippen LogP contribution in [0.25, 0.3) is 0 Å². The molecular weight excluding hydrogens is 276 g/mol. The number of ether oxygens (including phenoxy) is 3. The van der Waals surface area contributed by atoms with E-state index in [1.807, 2.05) is 48.5 Å². The van der Waals surface area contributed by atoms with Gasteiger partial charge in [0.25, 0.3) is 0 Å². The highest BCUT2D eigenvalue weighted by Crippen LogP contribution is 2.30. The van der Waals surface area contributed by atoms with E-state index in [1.165, 1.54) is 5.56 Å². The van der Waals surface area contributed by atoms with Crippen LogP contribution < -0.4 is 4.74 Å². The normalized spacial score (nSPS) is 21.3. The fourth-order valence-electron chi connectivity index (χ4n) is 2.54. The van der Waals surface area contributed by atoms with Crippen LogP contribution in [0.4, 0.5) is 0 Å². The molecule has 1 aliphatic heterocycles. The molecule has 2 aromatic rings. The van der Waals surface area contributed by atoms with Crippen LogP contribution in [0.5, 0.6) is 5.75 Å². The molecule has 0 N–H and O–H groups in total. The average Bonchev–Trinajstić information content (AvgIpc) is 3.35. The molecule has 0 aliphatic carbocycles. The van der Waals surface area contributed by atoms with Crippen LogP contribution in [-0.2, 0) is 16.1 Å². The molecule has 1 aliphatic rings. The SMILES string of the molecule is CCC(OCc1ccccc1)[C@@H]1O[C@H]1COc1ccccc1. The van der Waals surface area contributed by atoms with Crippen molar-refractivity contribution in [1.29, 1.82) is 0 Å². The summed E-state index contributed by atoms with van der Waals surface area (Å²) in [6, 6.07) is 20.1. The van der Waals surface area contributed by atoms with Gasteiger partial charge < -0.3 is 14.2 Å². The van der Waals surface area contributed by atoms with E-state index in [0.29, 0.717) is 13.2 Å². The summed E-state index contributed by atoms with van der Waals surface area (Å²) in [5.74, 6) is 0.884. The summed E-state index contributed by atoms with van der Waals surface area (Å²) >= 11 is 0. The van der Waals surface area contributed by atoms with Gasteiger partial charge in [0.05, 0.1) is 12.7 Å². The third-order valence-corrected chi connectivity index (χ3v) is 3.85. The number of hydrogen-bond donors (Lipinski definition) is 0. The molecule has 0 radical (unpaired) electrons. The number of epoxide rings is 1. The highest BCUT2D eigenvalue weighted by atomic mass is 16.6. The molecule has 3 atom stereocenters. The zero-order valence-corrected chi connectivity index (χ0v) is 12.9. The molecule has 0 bridgehead atoms. The van der Waals surface area contributed by atoms with E-state index in [4.69, 9.17) is 14.2 Å². The van der Waals surface area contributed by atoms with E-state index in [1.54, 1.807) is 0 Å². The van der Waals surface area contributed by atoms with E-state index in [2.05, 4.69) is 19.1 Å². The maximum atomic E-state index is 6.00. The lowest BCUT2D eigenvalue weighted by atomic mass is 10.1. The molecule has 3 nitrogen and oxygen atoms in total. The molecule has 0 amide bonds. The van der Waals surface area contributed by atoms with Gasteiger partial charge in [-0.05, 0) is 24.1 Å². The lowest BCUT2D eigenvalue weighted by Crippen LogP contribution is -2.22. The summed E-state index contributed by atoms with van der Waals surface area (Å²) in [4.78, 5) is 0. The number of hydrogen-bond acceptors (Lipinski definition) is 3. The molecule has 1 heterocycles. The Kier molecular flexibility index (Phi) is 5.09. The number of rotatable bonds is 8. The molecule has 1 saturated heterocycles. The molecular formula is C19H22O3. The molecule has 22 heavy (non-hydrogen) atoms. The van der Waals surface area contributed by atoms with Gasteiger partial charge in [0.2, 0.25) is 0 Å². The van der Waals surface area contributed by atoms with Crippen molar-refractivity contribution in [3.05, 3.63) is 66.2 Å². The van der Waals surface area contributed by atoms with Crippen LogP contribution in [0.15, 0.2) is 60.7 Å². The third kappa shape index (κ3) is 4.09. The van der Waals surface area contributed by atoms with Crippen molar-refractivity contribution >= 4 is 0 Å². The summed E-state index contributed by atoms with van der Waals surface area (Å²) in [5, 5.41) is 0. The maximum absolute atomic E-state index is 6.00. The minimum Gasteiger partial charge on any atom is -0.491 e. The van der Waals surface area contributed by atoms with Gasteiger partial charge in [0.15, 0.2) is 0 Å². The summed E-state index contributed by atoms with van der Waals surface area (Å²) in [7, 11) is 0. The molecule has 0 aromatic heterocycles. The van der Waals surface area contributed by atoms with E-state index in [-0.39, 0.29) is 18.3 Å². The van der Waals surface area contributed by atoms with Crippen molar-refractivity contribution in [3.8, 4) is 5.75 Å². The fraction of sp³-hybridized carbons (Fsp3) is 0.368. The third-order valence-electron chi connectivity index (χ3n) is 3.85. The van der Waals surface area contributed by atoms with Crippen molar-refractivity contribution in [3.63, 3.8) is 0 Å². The first-order valence-corrected chi connectivity index (χ1v) is 7.85. The fourth-order valence-corrected chi connectivity index (χ4v) is 2.54. The first-order chi connectivity index (χ1) is 10.9. The first kappa shape index (κ1) is 15.1. The molecule has 1 unspecified atom stereocenters. The molecule has 0 saturated carbocycles. The zero-order chi connectivity index (χ0) is 15.2. The van der Waals surface area contributed by atoms with Gasteiger partial charge in [-0.2, -0.15) is 0 Å². The quantitative estimate of drug-likeness (QED) is 0.694.